The molecular formula is C33H44N5O6S+. The molecule has 0 bridgehead atoms. The minimum Gasteiger partial charge on any atom is -0.495 e. The minimum atomic E-state index is -0.932. The van der Waals surface area contributed by atoms with E-state index in [1.165, 1.54) is 0 Å². The SMILES string of the molecule is C=CC1=C(O)N[C@H](CC2N/C(=C\c3[nH]c(C(=N)C4NC(=O)[C@H](C)[C@]45[SH+]C5C)c(C)c3CCC(=O)O)C(CCC(=O)O)=C2C)C1C. The van der Waals surface area contributed by atoms with Gasteiger partial charge >= 0.3 is 11.9 Å². The molecule has 242 valence electrons. The van der Waals surface area contributed by atoms with Crippen LogP contribution >= 0.6 is 0 Å². The van der Waals surface area contributed by atoms with Gasteiger partial charge in [0, 0.05) is 47.8 Å². The molecule has 2 saturated heterocycles. The summed E-state index contributed by atoms with van der Waals surface area (Å²) in [5, 5.41) is 48.7. The number of amides is 1. The number of aliphatic carboxylic acids is 2. The fourth-order valence-corrected chi connectivity index (χ4v) is 9.13. The Morgan fingerprint density at radius 1 is 1.07 bits per heavy atom. The highest BCUT2D eigenvalue weighted by Crippen LogP contribution is 2.51. The van der Waals surface area contributed by atoms with E-state index in [2.05, 4.69) is 34.4 Å². The molecule has 0 aliphatic carbocycles. The molecule has 0 aromatic carbocycles. The number of hydrogen-bond donors (Lipinski definition) is 8. The third-order valence-electron chi connectivity index (χ3n) is 10.3. The maximum atomic E-state index is 12.7. The lowest BCUT2D eigenvalue weighted by Gasteiger charge is -2.23. The largest absolute Gasteiger partial charge is 0.495 e. The number of aromatic nitrogens is 1. The van der Waals surface area contributed by atoms with Gasteiger partial charge in [0.15, 0.2) is 11.1 Å². The van der Waals surface area contributed by atoms with E-state index in [1.54, 1.807) is 6.08 Å². The Bertz CT molecular complexity index is 1570. The summed E-state index contributed by atoms with van der Waals surface area (Å²) < 4.78 is -0.324. The van der Waals surface area contributed by atoms with Crippen LogP contribution in [0.15, 0.2) is 41.0 Å². The highest BCUT2D eigenvalue weighted by atomic mass is 32.2. The quantitative estimate of drug-likeness (QED) is 0.0741. The number of rotatable bonds is 12. The molecule has 0 radical (unpaired) electrons. The number of carboxylic acid groups (broad SMARTS) is 2. The summed E-state index contributed by atoms with van der Waals surface area (Å²) in [5.41, 5.74) is 6.45. The Balaban J connectivity index is 1.50. The van der Waals surface area contributed by atoms with Crippen molar-refractivity contribution in [3.63, 3.8) is 0 Å². The van der Waals surface area contributed by atoms with Gasteiger partial charge in [-0.05, 0) is 87.1 Å². The van der Waals surface area contributed by atoms with Crippen LogP contribution in [0.5, 0.6) is 0 Å². The molecule has 5 heterocycles. The van der Waals surface area contributed by atoms with E-state index in [0.717, 1.165) is 45.3 Å². The summed E-state index contributed by atoms with van der Waals surface area (Å²) in [5.74, 6) is -1.94. The van der Waals surface area contributed by atoms with Crippen LogP contribution in [0.4, 0.5) is 0 Å². The molecule has 0 saturated carbocycles. The number of carbonyl (C=O) groups excluding carboxylic acids is 1. The molecule has 1 spiro atoms. The zero-order chi connectivity index (χ0) is 33.0. The van der Waals surface area contributed by atoms with E-state index in [9.17, 15) is 35.1 Å². The van der Waals surface area contributed by atoms with Gasteiger partial charge in [0.05, 0.1) is 17.3 Å². The number of carbonyl (C=O) groups is 3. The van der Waals surface area contributed by atoms with Crippen LogP contribution < -0.4 is 16.0 Å². The van der Waals surface area contributed by atoms with Crippen molar-refractivity contribution in [2.24, 2.45) is 11.8 Å². The monoisotopic (exact) mass is 638 g/mol. The van der Waals surface area contributed by atoms with Gasteiger partial charge in [0.1, 0.15) is 6.04 Å². The van der Waals surface area contributed by atoms with E-state index in [1.807, 2.05) is 33.8 Å². The Morgan fingerprint density at radius 2 is 1.71 bits per heavy atom. The van der Waals surface area contributed by atoms with E-state index in [-0.39, 0.29) is 70.7 Å². The molecule has 4 aliphatic heterocycles. The van der Waals surface area contributed by atoms with Crippen molar-refractivity contribution in [3.8, 4) is 0 Å². The summed E-state index contributed by atoms with van der Waals surface area (Å²) in [6, 6.07) is -0.633. The molecule has 4 aliphatic rings. The third-order valence-corrected chi connectivity index (χ3v) is 12.4. The lowest BCUT2D eigenvalue weighted by molar-refractivity contribution is -0.138. The normalized spacial score (nSPS) is 31.4. The predicted octanol–water partition coefficient (Wildman–Crippen LogP) is 3.25. The lowest BCUT2D eigenvalue weighted by Crippen LogP contribution is -2.43. The summed E-state index contributed by atoms with van der Waals surface area (Å²) in [7, 11) is 0. The molecule has 1 aromatic rings. The maximum Gasteiger partial charge on any atom is 0.303 e. The number of H-pyrrole nitrogens is 1. The smallest absolute Gasteiger partial charge is 0.303 e. The lowest BCUT2D eigenvalue weighted by atomic mass is 9.85. The van der Waals surface area contributed by atoms with Crippen molar-refractivity contribution in [2.75, 3.05) is 0 Å². The second kappa shape index (κ2) is 12.1. The van der Waals surface area contributed by atoms with Crippen LogP contribution in [0, 0.1) is 24.2 Å². The minimum absolute atomic E-state index is 0.0329. The fraction of sp³-hybridized carbons (Fsp3) is 0.515. The second-order valence-electron chi connectivity index (χ2n) is 12.8. The maximum absolute atomic E-state index is 12.7. The fourth-order valence-electron chi connectivity index (χ4n) is 7.48. The van der Waals surface area contributed by atoms with Gasteiger partial charge in [-0.2, -0.15) is 0 Å². The molecule has 11 nitrogen and oxygen atoms in total. The molecule has 45 heavy (non-hydrogen) atoms. The van der Waals surface area contributed by atoms with Crippen LogP contribution in [0.25, 0.3) is 6.08 Å². The summed E-state index contributed by atoms with van der Waals surface area (Å²) in [6.07, 6.45) is 4.60. The zero-order valence-electron chi connectivity index (χ0n) is 26.4. The molecule has 1 amide bonds. The van der Waals surface area contributed by atoms with Crippen molar-refractivity contribution in [3.05, 3.63) is 63.5 Å². The van der Waals surface area contributed by atoms with Gasteiger partial charge in [-0.15, -0.1) is 0 Å². The zero-order valence-corrected chi connectivity index (χ0v) is 27.3. The van der Waals surface area contributed by atoms with Gasteiger partial charge in [0.25, 0.3) is 0 Å². The summed E-state index contributed by atoms with van der Waals surface area (Å²) in [6.45, 7) is 13.7. The first-order chi connectivity index (χ1) is 21.2. The van der Waals surface area contributed by atoms with Crippen LogP contribution in [0.1, 0.15) is 75.9 Å². The van der Waals surface area contributed by atoms with Crippen molar-refractivity contribution in [1.29, 1.82) is 5.41 Å². The van der Waals surface area contributed by atoms with Crippen molar-refractivity contribution in [2.45, 2.75) is 94.8 Å². The average Bonchev–Trinajstić information content (AvgIpc) is 3.12. The van der Waals surface area contributed by atoms with Gasteiger partial charge in [-0.25, -0.2) is 0 Å². The number of thiol groups is 1. The highest BCUT2D eigenvalue weighted by molar-refractivity contribution is 7.89. The number of aromatic amines is 1. The van der Waals surface area contributed by atoms with Gasteiger partial charge in [-0.1, -0.05) is 19.6 Å². The predicted molar refractivity (Wildman–Crippen MR) is 175 cm³/mol. The van der Waals surface area contributed by atoms with Crippen LogP contribution in [-0.2, 0) is 32.6 Å². The highest BCUT2D eigenvalue weighted by Gasteiger charge is 2.77. The molecule has 2 fully saturated rings. The Labute approximate surface area is 267 Å². The first kappa shape index (κ1) is 32.5. The van der Waals surface area contributed by atoms with E-state index < -0.39 is 18.0 Å². The second-order valence-corrected chi connectivity index (χ2v) is 14.6. The van der Waals surface area contributed by atoms with Crippen LogP contribution in [-0.4, -0.2) is 72.0 Å². The Hall–Kier alpha value is -3.93. The van der Waals surface area contributed by atoms with Crippen molar-refractivity contribution in [1.82, 2.24) is 20.9 Å². The molecular weight excluding hydrogens is 594 g/mol. The standard InChI is InChI=1S/C33H43N5O6S/c1-7-19-14(2)23(37-32(19)44)12-22-15(3)20(8-10-26(39)40)24(35-22)13-25-21(9-11-27(41)42)16(4)29(36-25)28(34)30-33(18(6)45-33)17(5)31(43)38-30/h7,13-14,17-18,22-23,30,34-37,44H,1,8-12H2,2-6H3,(H,38,43)(H,39,40)(H,41,42)/p+1/b24-13-,34-28?/t14?,17-,18?,22?,23+,30?,33+/m0/s1. The first-order valence-corrected chi connectivity index (χ1v) is 16.4. The van der Waals surface area contributed by atoms with Gasteiger partial charge in [0.2, 0.25) is 10.7 Å². The number of nitrogens with one attached hydrogen (secondary N) is 5. The average molecular weight is 639 g/mol. The number of aliphatic hydroxyl groups is 1. The first-order valence-electron chi connectivity index (χ1n) is 15.5. The van der Waals surface area contributed by atoms with E-state index in [0.29, 0.717) is 24.2 Å². The molecule has 4 unspecified atom stereocenters. The molecule has 8 N–H and O–H groups in total. The van der Waals surface area contributed by atoms with Crippen LogP contribution in [0.3, 0.4) is 0 Å². The summed E-state index contributed by atoms with van der Waals surface area (Å²) in [4.78, 5) is 39.3. The van der Waals surface area contributed by atoms with Crippen LogP contribution in [0.2, 0.25) is 0 Å². The molecule has 12 heteroatoms. The molecule has 5 rings (SSSR count). The van der Waals surface area contributed by atoms with Gasteiger partial charge in [-0.3, -0.25) is 14.4 Å². The van der Waals surface area contributed by atoms with Crippen molar-refractivity contribution >= 4 is 41.4 Å². The molecule has 1 aromatic heterocycles. The summed E-state index contributed by atoms with van der Waals surface area (Å²) >= 11 is 1.14. The number of carboxylic acids is 2. The number of hydrogen-bond acceptors (Lipinski definition) is 7. The Morgan fingerprint density at radius 3 is 2.29 bits per heavy atom. The van der Waals surface area contributed by atoms with E-state index >= 15 is 0 Å². The number of aliphatic hydroxyl groups excluding tert-OH is 1. The van der Waals surface area contributed by atoms with Gasteiger partial charge < -0.3 is 41.7 Å². The van der Waals surface area contributed by atoms with Crippen molar-refractivity contribution < 1.29 is 29.7 Å². The number of allylic oxidation sites excluding steroid dienone is 2. The topological polar surface area (TPSA) is 188 Å². The molecule has 7 atom stereocenters. The third kappa shape index (κ3) is 5.69. The Kier molecular flexibility index (Phi) is 8.74. The van der Waals surface area contributed by atoms with E-state index in [4.69, 9.17) is 0 Å².